The highest BCUT2D eigenvalue weighted by atomic mass is 16.5. The maximum absolute atomic E-state index is 10.4. The molecule has 0 radical (unpaired) electrons. The number of aliphatic hydroxyl groups excluding tert-OH is 1. The average molecular weight is 326 g/mol. The van der Waals surface area contributed by atoms with Crippen molar-refractivity contribution in [1.29, 1.82) is 0 Å². The lowest BCUT2D eigenvalue weighted by atomic mass is 10.00. The van der Waals surface area contributed by atoms with E-state index in [2.05, 4.69) is 6.58 Å². The summed E-state index contributed by atoms with van der Waals surface area (Å²) in [5, 5.41) is 10.4. The molecule has 0 aliphatic carbocycles. The van der Waals surface area contributed by atoms with Crippen LogP contribution in [0.3, 0.4) is 0 Å². The summed E-state index contributed by atoms with van der Waals surface area (Å²) in [5.41, 5.74) is 2.23. The van der Waals surface area contributed by atoms with Gasteiger partial charge in [0.15, 0.2) is 0 Å². The van der Waals surface area contributed by atoms with E-state index >= 15 is 0 Å². The summed E-state index contributed by atoms with van der Waals surface area (Å²) in [7, 11) is 0. The Morgan fingerprint density at radius 1 is 0.833 bits per heavy atom. The summed E-state index contributed by atoms with van der Waals surface area (Å²) in [6.07, 6.45) is 1.95. The average Bonchev–Trinajstić information content (AvgIpc) is 2.63. The molecule has 0 saturated carbocycles. The lowest BCUT2D eigenvalue weighted by Gasteiger charge is -2.22. The molecule has 3 nitrogen and oxygen atoms in total. The molecule has 2 atom stereocenters. The summed E-state index contributed by atoms with van der Waals surface area (Å²) in [5.74, 6) is -0.0121. The Balaban J connectivity index is 1.72. The second kappa shape index (κ2) is 10.8. The van der Waals surface area contributed by atoms with Crippen molar-refractivity contribution in [3.8, 4) is 0 Å². The molecule has 0 unspecified atom stereocenters. The normalized spacial score (nSPS) is 13.4. The SMILES string of the molecule is C=CC[C@H](COCc1ccccc1)[C@@H](O)COCc1ccccc1. The quantitative estimate of drug-likeness (QED) is 0.635. The number of allylic oxidation sites excluding steroid dienone is 1. The molecule has 2 aromatic rings. The van der Waals surface area contributed by atoms with E-state index in [9.17, 15) is 5.11 Å². The minimum absolute atomic E-state index is 0.0121. The molecule has 0 amide bonds. The highest BCUT2D eigenvalue weighted by Crippen LogP contribution is 2.13. The van der Waals surface area contributed by atoms with Crippen molar-refractivity contribution in [3.63, 3.8) is 0 Å². The second-order valence-electron chi connectivity index (χ2n) is 5.85. The molecule has 0 aliphatic heterocycles. The molecule has 0 aliphatic rings. The second-order valence-corrected chi connectivity index (χ2v) is 5.85. The third kappa shape index (κ3) is 6.67. The fraction of sp³-hybridized carbons (Fsp3) is 0.333. The van der Waals surface area contributed by atoms with Gasteiger partial charge in [0.25, 0.3) is 0 Å². The van der Waals surface area contributed by atoms with Crippen LogP contribution in [0, 0.1) is 5.92 Å². The summed E-state index contributed by atoms with van der Waals surface area (Å²) >= 11 is 0. The third-order valence-electron chi connectivity index (χ3n) is 3.86. The molecule has 0 bridgehead atoms. The van der Waals surface area contributed by atoms with E-state index in [1.54, 1.807) is 0 Å². The number of aliphatic hydroxyl groups is 1. The molecular formula is C21H26O3. The summed E-state index contributed by atoms with van der Waals surface area (Å²) in [4.78, 5) is 0. The number of rotatable bonds is 11. The first-order valence-electron chi connectivity index (χ1n) is 8.32. The molecule has 3 heteroatoms. The van der Waals surface area contributed by atoms with Gasteiger partial charge in [-0.2, -0.15) is 0 Å². The van der Waals surface area contributed by atoms with E-state index in [1.165, 1.54) is 0 Å². The topological polar surface area (TPSA) is 38.7 Å². The van der Waals surface area contributed by atoms with Crippen molar-refractivity contribution < 1.29 is 14.6 Å². The van der Waals surface area contributed by atoms with Gasteiger partial charge < -0.3 is 14.6 Å². The zero-order valence-corrected chi connectivity index (χ0v) is 14.0. The molecule has 2 aromatic carbocycles. The van der Waals surface area contributed by atoms with Crippen LogP contribution in [0.15, 0.2) is 73.3 Å². The van der Waals surface area contributed by atoms with Crippen LogP contribution >= 0.6 is 0 Å². The van der Waals surface area contributed by atoms with E-state index in [-0.39, 0.29) is 5.92 Å². The minimum atomic E-state index is -0.567. The van der Waals surface area contributed by atoms with Crippen LogP contribution in [0.25, 0.3) is 0 Å². The standard InChI is InChI=1S/C21H26O3/c1-2-9-20(16-23-14-18-10-5-3-6-11-18)21(22)17-24-15-19-12-7-4-8-13-19/h2-8,10-13,20-22H,1,9,14-17H2/t20-,21+/m1/s1. The first kappa shape index (κ1) is 18.4. The molecule has 24 heavy (non-hydrogen) atoms. The Morgan fingerprint density at radius 2 is 1.33 bits per heavy atom. The van der Waals surface area contributed by atoms with Crippen LogP contribution in [-0.4, -0.2) is 24.4 Å². The van der Waals surface area contributed by atoms with Crippen molar-refractivity contribution in [1.82, 2.24) is 0 Å². The first-order chi connectivity index (χ1) is 11.8. The Labute approximate surface area is 144 Å². The van der Waals surface area contributed by atoms with Crippen molar-refractivity contribution in [2.75, 3.05) is 13.2 Å². The van der Waals surface area contributed by atoms with Gasteiger partial charge in [0.2, 0.25) is 0 Å². The van der Waals surface area contributed by atoms with Gasteiger partial charge in [-0.25, -0.2) is 0 Å². The fourth-order valence-electron chi connectivity index (χ4n) is 2.46. The Bertz CT molecular complexity index is 568. The first-order valence-corrected chi connectivity index (χ1v) is 8.32. The summed E-state index contributed by atoms with van der Waals surface area (Å²) in [6, 6.07) is 20.0. The molecule has 128 valence electrons. The number of hydrogen-bond donors (Lipinski definition) is 1. The van der Waals surface area contributed by atoms with Crippen LogP contribution < -0.4 is 0 Å². The van der Waals surface area contributed by atoms with Crippen molar-refractivity contribution >= 4 is 0 Å². The fourth-order valence-corrected chi connectivity index (χ4v) is 2.46. The number of hydrogen-bond acceptors (Lipinski definition) is 3. The highest BCUT2D eigenvalue weighted by molar-refractivity contribution is 5.14. The van der Waals surface area contributed by atoms with E-state index in [1.807, 2.05) is 66.7 Å². The van der Waals surface area contributed by atoms with Crippen LogP contribution in [0.4, 0.5) is 0 Å². The molecule has 2 rings (SSSR count). The van der Waals surface area contributed by atoms with Crippen molar-refractivity contribution in [2.24, 2.45) is 5.92 Å². The Kier molecular flexibility index (Phi) is 8.25. The lowest BCUT2D eigenvalue weighted by molar-refractivity contribution is -0.0311. The Hall–Kier alpha value is -1.94. The molecule has 0 fully saturated rings. The molecule has 0 saturated heterocycles. The number of benzene rings is 2. The monoisotopic (exact) mass is 326 g/mol. The highest BCUT2D eigenvalue weighted by Gasteiger charge is 2.18. The molecule has 0 spiro atoms. The van der Waals surface area contributed by atoms with Crippen molar-refractivity contribution in [2.45, 2.75) is 25.7 Å². The van der Waals surface area contributed by atoms with Gasteiger partial charge in [0, 0.05) is 5.92 Å². The van der Waals surface area contributed by atoms with Crippen LogP contribution in [-0.2, 0) is 22.7 Å². The van der Waals surface area contributed by atoms with Gasteiger partial charge >= 0.3 is 0 Å². The van der Waals surface area contributed by atoms with Gasteiger partial charge in [0.05, 0.1) is 32.5 Å². The van der Waals surface area contributed by atoms with Crippen LogP contribution in [0.2, 0.25) is 0 Å². The van der Waals surface area contributed by atoms with Gasteiger partial charge in [-0.3, -0.25) is 0 Å². The largest absolute Gasteiger partial charge is 0.390 e. The third-order valence-corrected chi connectivity index (χ3v) is 3.86. The smallest absolute Gasteiger partial charge is 0.0826 e. The zero-order valence-electron chi connectivity index (χ0n) is 14.0. The van der Waals surface area contributed by atoms with Crippen LogP contribution in [0.1, 0.15) is 17.5 Å². The van der Waals surface area contributed by atoms with E-state index in [0.717, 1.165) is 11.1 Å². The molecular weight excluding hydrogens is 300 g/mol. The molecule has 0 aromatic heterocycles. The van der Waals surface area contributed by atoms with Crippen LogP contribution in [0.5, 0.6) is 0 Å². The number of ether oxygens (including phenoxy) is 2. The van der Waals surface area contributed by atoms with E-state index in [4.69, 9.17) is 9.47 Å². The summed E-state index contributed by atoms with van der Waals surface area (Å²) in [6.45, 7) is 5.60. The van der Waals surface area contributed by atoms with E-state index in [0.29, 0.717) is 32.8 Å². The predicted molar refractivity (Wildman–Crippen MR) is 96.5 cm³/mol. The molecule has 0 heterocycles. The maximum atomic E-state index is 10.4. The predicted octanol–water partition coefficient (Wildman–Crippen LogP) is 3.97. The maximum Gasteiger partial charge on any atom is 0.0826 e. The van der Waals surface area contributed by atoms with Gasteiger partial charge in [0.1, 0.15) is 0 Å². The summed E-state index contributed by atoms with van der Waals surface area (Å²) < 4.78 is 11.4. The van der Waals surface area contributed by atoms with Crippen molar-refractivity contribution in [3.05, 3.63) is 84.4 Å². The zero-order chi connectivity index (χ0) is 17.0. The van der Waals surface area contributed by atoms with Gasteiger partial charge in [-0.15, -0.1) is 6.58 Å². The Morgan fingerprint density at radius 3 is 1.83 bits per heavy atom. The molecule has 1 N–H and O–H groups in total. The lowest BCUT2D eigenvalue weighted by Crippen LogP contribution is -2.29. The van der Waals surface area contributed by atoms with Gasteiger partial charge in [-0.05, 0) is 17.5 Å². The minimum Gasteiger partial charge on any atom is -0.390 e. The van der Waals surface area contributed by atoms with E-state index < -0.39 is 6.10 Å². The van der Waals surface area contributed by atoms with Gasteiger partial charge in [-0.1, -0.05) is 66.7 Å².